The van der Waals surface area contributed by atoms with Crippen LogP contribution >= 0.6 is 0 Å². The minimum Gasteiger partial charge on any atom is -0.406 e. The molecule has 0 heterocycles. The van der Waals surface area contributed by atoms with Gasteiger partial charge >= 0.3 is 6.36 Å². The van der Waals surface area contributed by atoms with Gasteiger partial charge in [0.1, 0.15) is 5.75 Å². The average Bonchev–Trinajstić information content (AvgIpc) is 2.24. The Morgan fingerprint density at radius 1 is 1.41 bits per heavy atom. The summed E-state index contributed by atoms with van der Waals surface area (Å²) in [6.07, 6.45) is -1.61. The van der Waals surface area contributed by atoms with E-state index in [1.54, 1.807) is 12.1 Å². The third kappa shape index (κ3) is 4.91. The van der Waals surface area contributed by atoms with Crippen LogP contribution in [0, 0.1) is 0 Å². The Balaban J connectivity index is 2.74. The molecule has 0 aromatic heterocycles. The molecule has 5 heteroatoms. The van der Waals surface area contributed by atoms with Crippen molar-refractivity contribution in [3.63, 3.8) is 0 Å². The van der Waals surface area contributed by atoms with Crippen LogP contribution in [0.25, 0.3) is 0 Å². The van der Waals surface area contributed by atoms with Gasteiger partial charge in [0.05, 0.1) is 0 Å². The number of benzene rings is 1. The van der Waals surface area contributed by atoms with E-state index in [-0.39, 0.29) is 11.8 Å². The first-order valence-electron chi connectivity index (χ1n) is 5.14. The van der Waals surface area contributed by atoms with Gasteiger partial charge in [0.2, 0.25) is 0 Å². The number of rotatable bonds is 5. The molecular weight excluding hydrogens is 231 g/mol. The van der Waals surface area contributed by atoms with Crippen LogP contribution in [-0.2, 0) is 0 Å². The number of ether oxygens (including phenoxy) is 1. The Bertz CT molecular complexity index is 376. The van der Waals surface area contributed by atoms with Gasteiger partial charge in [-0.15, -0.1) is 19.8 Å². The van der Waals surface area contributed by atoms with Crippen LogP contribution in [0.4, 0.5) is 13.2 Å². The van der Waals surface area contributed by atoms with E-state index in [4.69, 9.17) is 5.73 Å². The van der Waals surface area contributed by atoms with Crippen molar-refractivity contribution in [1.82, 2.24) is 0 Å². The van der Waals surface area contributed by atoms with Gasteiger partial charge in [-0.1, -0.05) is 18.2 Å². The highest BCUT2D eigenvalue weighted by molar-refractivity contribution is 5.30. The van der Waals surface area contributed by atoms with Crippen LogP contribution < -0.4 is 10.5 Å². The third-order valence-electron chi connectivity index (χ3n) is 2.20. The molecule has 0 aliphatic carbocycles. The van der Waals surface area contributed by atoms with Gasteiger partial charge in [-0.25, -0.2) is 0 Å². The highest BCUT2D eigenvalue weighted by Gasteiger charge is 2.31. The maximum atomic E-state index is 12.0. The molecule has 0 bridgehead atoms. The number of alkyl halides is 3. The van der Waals surface area contributed by atoms with Crippen LogP contribution in [0.1, 0.15) is 24.4 Å². The molecule has 1 aromatic carbocycles. The second kappa shape index (κ2) is 5.72. The van der Waals surface area contributed by atoms with E-state index in [1.807, 2.05) is 0 Å². The van der Waals surface area contributed by atoms with E-state index in [1.165, 1.54) is 18.2 Å². The van der Waals surface area contributed by atoms with Gasteiger partial charge in [-0.2, -0.15) is 0 Å². The minimum absolute atomic E-state index is 0.246. The molecule has 0 spiro atoms. The molecule has 0 amide bonds. The fraction of sp³-hybridized carbons (Fsp3) is 0.333. The fourth-order valence-corrected chi connectivity index (χ4v) is 1.41. The zero-order valence-electron chi connectivity index (χ0n) is 9.20. The highest BCUT2D eigenvalue weighted by Crippen LogP contribution is 2.26. The lowest BCUT2D eigenvalue weighted by Crippen LogP contribution is -2.17. The van der Waals surface area contributed by atoms with E-state index in [2.05, 4.69) is 11.3 Å². The molecule has 94 valence electrons. The predicted molar refractivity (Wildman–Crippen MR) is 59.5 cm³/mol. The van der Waals surface area contributed by atoms with Crippen molar-refractivity contribution >= 4 is 0 Å². The Labute approximate surface area is 97.9 Å². The van der Waals surface area contributed by atoms with Crippen molar-refractivity contribution in [3.05, 3.63) is 42.5 Å². The summed E-state index contributed by atoms with van der Waals surface area (Å²) in [5.41, 5.74) is 6.45. The quantitative estimate of drug-likeness (QED) is 0.805. The largest absolute Gasteiger partial charge is 0.573 e. The molecule has 0 aliphatic rings. The smallest absolute Gasteiger partial charge is 0.406 e. The Hall–Kier alpha value is -1.49. The van der Waals surface area contributed by atoms with Crippen molar-refractivity contribution < 1.29 is 17.9 Å². The van der Waals surface area contributed by atoms with Gasteiger partial charge < -0.3 is 10.5 Å². The molecule has 1 aromatic rings. The Morgan fingerprint density at radius 2 is 2.12 bits per heavy atom. The zero-order valence-corrected chi connectivity index (χ0v) is 9.20. The van der Waals surface area contributed by atoms with E-state index < -0.39 is 6.36 Å². The van der Waals surface area contributed by atoms with Gasteiger partial charge in [-0.05, 0) is 30.5 Å². The topological polar surface area (TPSA) is 35.2 Å². The van der Waals surface area contributed by atoms with Crippen LogP contribution in [0.5, 0.6) is 5.75 Å². The Kier molecular flexibility index (Phi) is 4.57. The molecule has 0 radical (unpaired) electrons. The average molecular weight is 245 g/mol. The third-order valence-corrected chi connectivity index (χ3v) is 2.20. The lowest BCUT2D eigenvalue weighted by atomic mass is 10.0. The number of hydrogen-bond donors (Lipinski definition) is 1. The van der Waals surface area contributed by atoms with E-state index in [9.17, 15) is 13.2 Å². The van der Waals surface area contributed by atoms with Crippen LogP contribution in [-0.4, -0.2) is 6.36 Å². The van der Waals surface area contributed by atoms with Crippen LogP contribution in [0.15, 0.2) is 36.9 Å². The van der Waals surface area contributed by atoms with E-state index in [0.29, 0.717) is 18.4 Å². The SMILES string of the molecule is C=CCC[C@@H](N)c1cccc(OC(F)(F)F)c1. The predicted octanol–water partition coefficient (Wildman–Crippen LogP) is 3.55. The number of halogens is 3. The molecule has 1 rings (SSSR count). The summed E-state index contributed by atoms with van der Waals surface area (Å²) < 4.78 is 39.9. The lowest BCUT2D eigenvalue weighted by molar-refractivity contribution is -0.274. The van der Waals surface area contributed by atoms with Crippen molar-refractivity contribution in [2.24, 2.45) is 5.73 Å². The molecule has 0 unspecified atom stereocenters. The molecule has 1 atom stereocenters. The second-order valence-corrected chi connectivity index (χ2v) is 3.59. The van der Waals surface area contributed by atoms with Crippen LogP contribution in [0.3, 0.4) is 0 Å². The number of allylic oxidation sites excluding steroid dienone is 1. The molecule has 2 N–H and O–H groups in total. The lowest BCUT2D eigenvalue weighted by Gasteiger charge is -2.13. The summed E-state index contributed by atoms with van der Waals surface area (Å²) in [5.74, 6) is -0.246. The van der Waals surface area contributed by atoms with Crippen molar-refractivity contribution in [2.45, 2.75) is 25.2 Å². The van der Waals surface area contributed by atoms with Gasteiger partial charge in [0, 0.05) is 6.04 Å². The maximum absolute atomic E-state index is 12.0. The summed E-state index contributed by atoms with van der Waals surface area (Å²) >= 11 is 0. The van der Waals surface area contributed by atoms with E-state index >= 15 is 0 Å². The first kappa shape index (κ1) is 13.6. The van der Waals surface area contributed by atoms with Crippen molar-refractivity contribution in [2.75, 3.05) is 0 Å². The first-order chi connectivity index (χ1) is 7.92. The monoisotopic (exact) mass is 245 g/mol. The summed E-state index contributed by atoms with van der Waals surface area (Å²) in [6.45, 7) is 3.56. The molecule has 0 saturated carbocycles. The summed E-state index contributed by atoms with van der Waals surface area (Å²) in [4.78, 5) is 0. The molecule has 0 aliphatic heterocycles. The zero-order chi connectivity index (χ0) is 12.9. The molecule has 17 heavy (non-hydrogen) atoms. The normalized spacial score (nSPS) is 13.2. The second-order valence-electron chi connectivity index (χ2n) is 3.59. The molecule has 0 fully saturated rings. The number of hydrogen-bond acceptors (Lipinski definition) is 2. The number of nitrogens with two attached hydrogens (primary N) is 1. The van der Waals surface area contributed by atoms with Gasteiger partial charge in [0.25, 0.3) is 0 Å². The minimum atomic E-state index is -4.68. The van der Waals surface area contributed by atoms with Crippen LogP contribution in [0.2, 0.25) is 0 Å². The molecule has 2 nitrogen and oxygen atoms in total. The maximum Gasteiger partial charge on any atom is 0.573 e. The van der Waals surface area contributed by atoms with Crippen molar-refractivity contribution in [3.8, 4) is 5.75 Å². The standard InChI is InChI=1S/C12H14F3NO/c1-2-3-7-11(16)9-5-4-6-10(8-9)17-12(13,14)15/h2,4-6,8,11H,1,3,7,16H2/t11-/m1/s1. The summed E-state index contributed by atoms with van der Waals surface area (Å²) in [6, 6.07) is 5.41. The Morgan fingerprint density at radius 3 is 2.71 bits per heavy atom. The van der Waals surface area contributed by atoms with Gasteiger partial charge in [-0.3, -0.25) is 0 Å². The first-order valence-corrected chi connectivity index (χ1v) is 5.14. The van der Waals surface area contributed by atoms with Gasteiger partial charge in [0.15, 0.2) is 0 Å². The molecular formula is C12H14F3NO. The highest BCUT2D eigenvalue weighted by atomic mass is 19.4. The van der Waals surface area contributed by atoms with Crippen molar-refractivity contribution in [1.29, 1.82) is 0 Å². The summed E-state index contributed by atoms with van der Waals surface area (Å²) in [5, 5.41) is 0. The molecule has 0 saturated heterocycles. The summed E-state index contributed by atoms with van der Waals surface area (Å²) in [7, 11) is 0. The fourth-order valence-electron chi connectivity index (χ4n) is 1.41. The van der Waals surface area contributed by atoms with E-state index in [0.717, 1.165) is 0 Å².